The molecule has 0 rings (SSSR count). The van der Waals surface area contributed by atoms with Gasteiger partial charge in [0.15, 0.2) is 8.32 Å². The van der Waals surface area contributed by atoms with Gasteiger partial charge in [-0.3, -0.25) is 0 Å². The van der Waals surface area contributed by atoms with E-state index in [0.717, 1.165) is 22.6 Å². The normalized spacial score (nSPS) is 11.5. The van der Waals surface area contributed by atoms with Crippen LogP contribution in [0.1, 0.15) is 26.2 Å². The zero-order valence-corrected chi connectivity index (χ0v) is 12.7. The molecule has 14 heavy (non-hydrogen) atoms. The zero-order chi connectivity index (χ0) is 10.9. The molecule has 0 radical (unpaired) electrons. The lowest BCUT2D eigenvalue weighted by Gasteiger charge is -2.28. The van der Waals surface area contributed by atoms with Crippen molar-refractivity contribution in [3.63, 3.8) is 0 Å². The lowest BCUT2D eigenvalue weighted by atomic mass is 10.3. The first-order valence-electron chi connectivity index (χ1n) is 5.51. The molecule has 1 nitrogen and oxygen atoms in total. The van der Waals surface area contributed by atoms with Crippen LogP contribution < -0.4 is 0 Å². The van der Waals surface area contributed by atoms with Crippen molar-refractivity contribution < 1.29 is 4.12 Å². The summed E-state index contributed by atoms with van der Waals surface area (Å²) in [5, 5.41) is 0. The molecule has 0 fully saturated rings. The molecule has 0 saturated carbocycles. The molecule has 0 aliphatic rings. The van der Waals surface area contributed by atoms with Crippen molar-refractivity contribution >= 4 is 18.8 Å². The Bertz CT molecular complexity index is 159. The fourth-order valence-corrected chi connectivity index (χ4v) is 6.45. The Balaban J connectivity index is 4.16. The van der Waals surface area contributed by atoms with Gasteiger partial charge in [0.2, 0.25) is 0 Å². The van der Waals surface area contributed by atoms with Gasteiger partial charge in [0.25, 0.3) is 0 Å². The van der Waals surface area contributed by atoms with E-state index in [2.05, 4.69) is 20.1 Å². The summed E-state index contributed by atoms with van der Waals surface area (Å²) in [6.07, 6.45) is 7.98. The fourth-order valence-electron chi connectivity index (χ4n) is 1.78. The zero-order valence-electron chi connectivity index (χ0n) is 9.72. The molecule has 3 heteroatoms. The van der Waals surface area contributed by atoms with Crippen LogP contribution in [0.2, 0.25) is 18.1 Å². The molecule has 0 unspecified atom stereocenters. The predicted molar refractivity (Wildman–Crippen MR) is 71.1 cm³/mol. The summed E-state index contributed by atoms with van der Waals surface area (Å²) in [6.45, 7) is 9.92. The molecule has 0 N–H and O–H groups in total. The van der Waals surface area contributed by atoms with Crippen LogP contribution in [0.3, 0.4) is 0 Å². The van der Waals surface area contributed by atoms with E-state index in [1.807, 2.05) is 12.2 Å². The van der Waals surface area contributed by atoms with Crippen molar-refractivity contribution in [3.8, 4) is 0 Å². The standard InChI is InChI=1S/C11H24OSi2/c1-4-7-8-11-14(12-13,9-5-2)10-6-3/h5-6H,2-4,7-11H2,1,13H3. The molecule has 0 spiro atoms. The maximum Gasteiger partial charge on any atom is 0.186 e. The van der Waals surface area contributed by atoms with Crippen molar-refractivity contribution in [2.75, 3.05) is 0 Å². The second kappa shape index (κ2) is 8.20. The summed E-state index contributed by atoms with van der Waals surface area (Å²) >= 11 is 0. The first-order chi connectivity index (χ1) is 6.74. The Hall–Kier alpha value is -0.126. The Morgan fingerprint density at radius 1 is 1.21 bits per heavy atom. The number of rotatable bonds is 9. The van der Waals surface area contributed by atoms with E-state index in [0.29, 0.717) is 0 Å². The third-order valence-corrected chi connectivity index (χ3v) is 9.50. The molecule has 82 valence electrons. The molecule has 0 bridgehead atoms. The van der Waals surface area contributed by atoms with Crippen LogP contribution in [0, 0.1) is 0 Å². The maximum absolute atomic E-state index is 5.90. The third kappa shape index (κ3) is 4.93. The Labute approximate surface area is 92.9 Å². The van der Waals surface area contributed by atoms with Crippen molar-refractivity contribution in [3.05, 3.63) is 25.3 Å². The lowest BCUT2D eigenvalue weighted by molar-refractivity contribution is 0.580. The Morgan fingerprint density at radius 2 is 1.79 bits per heavy atom. The first-order valence-corrected chi connectivity index (χ1v) is 8.86. The SMILES string of the molecule is C=CC[Si](CC=C)(CCCCC)O[SiH3]. The minimum atomic E-state index is -1.48. The molecule has 0 aromatic rings. The average Bonchev–Trinajstić information content (AvgIpc) is 2.19. The minimum Gasteiger partial charge on any atom is -0.463 e. The topological polar surface area (TPSA) is 9.23 Å². The molecular formula is C11H24OSi2. The third-order valence-electron chi connectivity index (χ3n) is 2.70. The van der Waals surface area contributed by atoms with E-state index in [4.69, 9.17) is 4.12 Å². The van der Waals surface area contributed by atoms with E-state index >= 15 is 0 Å². The minimum absolute atomic E-state index is 0.859. The van der Waals surface area contributed by atoms with Crippen LogP contribution in [-0.4, -0.2) is 18.8 Å². The van der Waals surface area contributed by atoms with E-state index in [-0.39, 0.29) is 0 Å². The highest BCUT2D eigenvalue weighted by atomic mass is 28.4. The van der Waals surface area contributed by atoms with Gasteiger partial charge >= 0.3 is 0 Å². The number of hydrogen-bond acceptors (Lipinski definition) is 1. The second-order valence-corrected chi connectivity index (χ2v) is 9.15. The van der Waals surface area contributed by atoms with Crippen molar-refractivity contribution in [1.82, 2.24) is 0 Å². The van der Waals surface area contributed by atoms with Crippen LogP contribution in [-0.2, 0) is 4.12 Å². The number of unbranched alkanes of at least 4 members (excludes halogenated alkanes) is 2. The van der Waals surface area contributed by atoms with Gasteiger partial charge in [0.1, 0.15) is 10.5 Å². The van der Waals surface area contributed by atoms with Crippen LogP contribution in [0.15, 0.2) is 25.3 Å². The molecule has 0 atom stereocenters. The highest BCUT2D eigenvalue weighted by Gasteiger charge is 2.29. The quantitative estimate of drug-likeness (QED) is 0.335. The lowest BCUT2D eigenvalue weighted by Crippen LogP contribution is -2.36. The second-order valence-electron chi connectivity index (χ2n) is 3.83. The van der Waals surface area contributed by atoms with Gasteiger partial charge in [-0.05, 0) is 18.1 Å². The molecule has 0 heterocycles. The molecule has 0 aromatic carbocycles. The van der Waals surface area contributed by atoms with Gasteiger partial charge in [-0.15, -0.1) is 13.2 Å². The smallest absolute Gasteiger partial charge is 0.186 e. The molecule has 0 aromatic heterocycles. The van der Waals surface area contributed by atoms with E-state index in [1.165, 1.54) is 25.3 Å². The van der Waals surface area contributed by atoms with Crippen molar-refractivity contribution in [2.45, 2.75) is 44.3 Å². The summed E-state index contributed by atoms with van der Waals surface area (Å²) in [7, 11) is -0.622. The highest BCUT2D eigenvalue weighted by molar-refractivity contribution is 6.77. The van der Waals surface area contributed by atoms with Gasteiger partial charge in [-0.1, -0.05) is 38.3 Å². The van der Waals surface area contributed by atoms with Gasteiger partial charge < -0.3 is 4.12 Å². The monoisotopic (exact) mass is 228 g/mol. The van der Waals surface area contributed by atoms with Gasteiger partial charge in [0.05, 0.1) is 0 Å². The van der Waals surface area contributed by atoms with E-state index in [9.17, 15) is 0 Å². The maximum atomic E-state index is 5.90. The number of allylic oxidation sites excluding steroid dienone is 2. The van der Waals surface area contributed by atoms with Crippen LogP contribution in [0.4, 0.5) is 0 Å². The highest BCUT2D eigenvalue weighted by Crippen LogP contribution is 2.25. The summed E-state index contributed by atoms with van der Waals surface area (Å²) in [5.74, 6) is 0. The molecule has 0 aliphatic heterocycles. The average molecular weight is 228 g/mol. The first kappa shape index (κ1) is 13.9. The summed E-state index contributed by atoms with van der Waals surface area (Å²) < 4.78 is 5.90. The van der Waals surface area contributed by atoms with E-state index < -0.39 is 8.32 Å². The van der Waals surface area contributed by atoms with Crippen molar-refractivity contribution in [2.24, 2.45) is 0 Å². The van der Waals surface area contributed by atoms with Crippen LogP contribution in [0.5, 0.6) is 0 Å². The molecule has 0 saturated heterocycles. The van der Waals surface area contributed by atoms with Crippen LogP contribution >= 0.6 is 0 Å². The van der Waals surface area contributed by atoms with Crippen molar-refractivity contribution in [1.29, 1.82) is 0 Å². The Kier molecular flexibility index (Phi) is 8.13. The molecule has 0 amide bonds. The number of hydrogen-bond donors (Lipinski definition) is 0. The molecule has 0 aliphatic carbocycles. The summed E-state index contributed by atoms with van der Waals surface area (Å²) in [4.78, 5) is 0. The van der Waals surface area contributed by atoms with Gasteiger partial charge in [0, 0.05) is 0 Å². The Morgan fingerprint density at radius 3 is 2.14 bits per heavy atom. The van der Waals surface area contributed by atoms with Crippen LogP contribution in [0.25, 0.3) is 0 Å². The van der Waals surface area contributed by atoms with E-state index in [1.54, 1.807) is 0 Å². The summed E-state index contributed by atoms with van der Waals surface area (Å²) in [6, 6.07) is 3.46. The summed E-state index contributed by atoms with van der Waals surface area (Å²) in [5.41, 5.74) is 0. The molecular weight excluding hydrogens is 204 g/mol. The van der Waals surface area contributed by atoms with Gasteiger partial charge in [-0.25, -0.2) is 0 Å². The largest absolute Gasteiger partial charge is 0.463 e. The fraction of sp³-hybridized carbons (Fsp3) is 0.636. The predicted octanol–water partition coefficient (Wildman–Crippen LogP) is 2.79. The van der Waals surface area contributed by atoms with Gasteiger partial charge in [-0.2, -0.15) is 0 Å².